The molecule has 2 rings (SSSR count). The Bertz CT molecular complexity index is 327. The van der Waals surface area contributed by atoms with Crippen molar-refractivity contribution in [3.05, 3.63) is 34.9 Å². The maximum Gasteiger partial charge on any atom is 0.0731 e. The van der Waals surface area contributed by atoms with Gasteiger partial charge in [-0.05, 0) is 36.9 Å². The van der Waals surface area contributed by atoms with Crippen molar-refractivity contribution in [2.24, 2.45) is 5.92 Å². The zero-order valence-corrected chi connectivity index (χ0v) is 11.4. The number of ether oxygens (including phenoxy) is 1. The number of halogens is 2. The summed E-state index contributed by atoms with van der Waals surface area (Å²) < 4.78 is 5.72. The summed E-state index contributed by atoms with van der Waals surface area (Å²) in [5, 5.41) is 4.18. The zero-order chi connectivity index (χ0) is 11.2. The van der Waals surface area contributed by atoms with E-state index in [1.165, 1.54) is 12.8 Å². The first-order chi connectivity index (χ1) is 7.86. The molecule has 1 atom stereocenters. The first kappa shape index (κ1) is 14.8. The van der Waals surface area contributed by atoms with E-state index in [1.807, 2.05) is 24.3 Å². The molecule has 1 fully saturated rings. The van der Waals surface area contributed by atoms with Crippen LogP contribution in [-0.4, -0.2) is 19.7 Å². The van der Waals surface area contributed by atoms with E-state index >= 15 is 0 Å². The molecule has 0 aromatic heterocycles. The van der Waals surface area contributed by atoms with Gasteiger partial charge in [-0.1, -0.05) is 29.8 Å². The molecule has 0 bridgehead atoms. The predicted octanol–water partition coefficient (Wildman–Crippen LogP) is 3.28. The molecule has 4 heteroatoms. The Labute approximate surface area is 114 Å². The fourth-order valence-corrected chi connectivity index (χ4v) is 2.21. The van der Waals surface area contributed by atoms with E-state index in [0.717, 1.165) is 30.3 Å². The Morgan fingerprint density at radius 2 is 2.18 bits per heavy atom. The largest absolute Gasteiger partial charge is 0.376 e. The molecule has 1 N–H and O–H groups in total. The van der Waals surface area contributed by atoms with Crippen molar-refractivity contribution in [3.8, 4) is 0 Å². The second-order valence-electron chi connectivity index (χ2n) is 4.32. The van der Waals surface area contributed by atoms with Gasteiger partial charge < -0.3 is 10.1 Å². The normalized spacial score (nSPS) is 19.7. The van der Waals surface area contributed by atoms with E-state index in [-0.39, 0.29) is 12.4 Å². The highest BCUT2D eigenvalue weighted by molar-refractivity contribution is 6.31. The third-order valence-corrected chi connectivity index (χ3v) is 3.34. The van der Waals surface area contributed by atoms with Crippen LogP contribution < -0.4 is 5.32 Å². The SMILES string of the molecule is Cl.Clc1ccccc1COCC1CCCNC1. The highest BCUT2D eigenvalue weighted by atomic mass is 35.5. The van der Waals surface area contributed by atoms with Gasteiger partial charge in [0.1, 0.15) is 0 Å². The summed E-state index contributed by atoms with van der Waals surface area (Å²) in [7, 11) is 0. The molecule has 0 amide bonds. The van der Waals surface area contributed by atoms with Gasteiger partial charge in [0.2, 0.25) is 0 Å². The van der Waals surface area contributed by atoms with Gasteiger partial charge in [0, 0.05) is 11.6 Å². The number of hydrogen-bond donors (Lipinski definition) is 1. The molecule has 96 valence electrons. The van der Waals surface area contributed by atoms with Crippen LogP contribution in [0.5, 0.6) is 0 Å². The van der Waals surface area contributed by atoms with Crippen molar-refractivity contribution in [1.82, 2.24) is 5.32 Å². The molecule has 1 aliphatic heterocycles. The molecular weight excluding hydrogens is 257 g/mol. The molecule has 1 aliphatic rings. The maximum absolute atomic E-state index is 6.05. The summed E-state index contributed by atoms with van der Waals surface area (Å²) in [5.74, 6) is 0.663. The third kappa shape index (κ3) is 4.84. The van der Waals surface area contributed by atoms with E-state index < -0.39 is 0 Å². The van der Waals surface area contributed by atoms with Crippen LogP contribution in [0.15, 0.2) is 24.3 Å². The topological polar surface area (TPSA) is 21.3 Å². The molecule has 0 saturated carbocycles. The van der Waals surface area contributed by atoms with Crippen molar-refractivity contribution in [3.63, 3.8) is 0 Å². The van der Waals surface area contributed by atoms with Crippen LogP contribution in [0, 0.1) is 5.92 Å². The second kappa shape index (κ2) is 7.93. The number of rotatable bonds is 4. The summed E-state index contributed by atoms with van der Waals surface area (Å²) in [6.07, 6.45) is 2.54. The fourth-order valence-electron chi connectivity index (χ4n) is 2.02. The lowest BCUT2D eigenvalue weighted by atomic mass is 10.0. The molecule has 1 unspecified atom stereocenters. The lowest BCUT2D eigenvalue weighted by Gasteiger charge is -2.22. The highest BCUT2D eigenvalue weighted by Crippen LogP contribution is 2.17. The van der Waals surface area contributed by atoms with Gasteiger partial charge in [-0.3, -0.25) is 0 Å². The van der Waals surface area contributed by atoms with Gasteiger partial charge >= 0.3 is 0 Å². The van der Waals surface area contributed by atoms with Gasteiger partial charge in [-0.25, -0.2) is 0 Å². The number of nitrogens with one attached hydrogen (secondary N) is 1. The van der Waals surface area contributed by atoms with E-state index in [4.69, 9.17) is 16.3 Å². The van der Waals surface area contributed by atoms with Crippen LogP contribution in [0.2, 0.25) is 5.02 Å². The minimum absolute atomic E-state index is 0. The van der Waals surface area contributed by atoms with Crippen LogP contribution in [0.25, 0.3) is 0 Å². The Hall–Kier alpha value is -0.280. The Morgan fingerprint density at radius 1 is 1.35 bits per heavy atom. The van der Waals surface area contributed by atoms with E-state index in [9.17, 15) is 0 Å². The number of hydrogen-bond acceptors (Lipinski definition) is 2. The minimum atomic E-state index is 0. The van der Waals surface area contributed by atoms with Crippen molar-refractivity contribution in [2.75, 3.05) is 19.7 Å². The van der Waals surface area contributed by atoms with Gasteiger partial charge in [-0.15, -0.1) is 12.4 Å². The molecule has 1 saturated heterocycles. The zero-order valence-electron chi connectivity index (χ0n) is 9.82. The average Bonchev–Trinajstić information content (AvgIpc) is 2.33. The summed E-state index contributed by atoms with van der Waals surface area (Å²) in [6.45, 7) is 3.69. The van der Waals surface area contributed by atoms with Crippen molar-refractivity contribution in [2.45, 2.75) is 19.4 Å². The first-order valence-electron chi connectivity index (χ1n) is 5.88. The number of benzene rings is 1. The second-order valence-corrected chi connectivity index (χ2v) is 4.73. The van der Waals surface area contributed by atoms with Crippen molar-refractivity contribution >= 4 is 24.0 Å². The highest BCUT2D eigenvalue weighted by Gasteiger charge is 2.12. The summed E-state index contributed by atoms with van der Waals surface area (Å²) in [6, 6.07) is 7.85. The summed E-state index contributed by atoms with van der Waals surface area (Å²) >= 11 is 6.05. The molecule has 1 aromatic carbocycles. The lowest BCUT2D eigenvalue weighted by molar-refractivity contribution is 0.0783. The molecule has 0 radical (unpaired) electrons. The van der Waals surface area contributed by atoms with Crippen molar-refractivity contribution < 1.29 is 4.74 Å². The van der Waals surface area contributed by atoms with Crippen LogP contribution >= 0.6 is 24.0 Å². The summed E-state index contributed by atoms with van der Waals surface area (Å²) in [4.78, 5) is 0. The summed E-state index contributed by atoms with van der Waals surface area (Å²) in [5.41, 5.74) is 1.08. The molecule has 1 aromatic rings. The third-order valence-electron chi connectivity index (χ3n) is 2.97. The average molecular weight is 276 g/mol. The maximum atomic E-state index is 6.05. The standard InChI is InChI=1S/C13H18ClNO.ClH/c14-13-6-2-1-5-12(13)10-16-9-11-4-3-7-15-8-11;/h1-2,5-6,11,15H,3-4,7-10H2;1H. The number of piperidine rings is 1. The Balaban J connectivity index is 0.00000144. The van der Waals surface area contributed by atoms with E-state index in [0.29, 0.717) is 12.5 Å². The van der Waals surface area contributed by atoms with Gasteiger partial charge in [0.25, 0.3) is 0 Å². The van der Waals surface area contributed by atoms with Gasteiger partial charge in [0.15, 0.2) is 0 Å². The monoisotopic (exact) mass is 275 g/mol. The van der Waals surface area contributed by atoms with E-state index in [2.05, 4.69) is 5.32 Å². The first-order valence-corrected chi connectivity index (χ1v) is 6.26. The molecule has 1 heterocycles. The Morgan fingerprint density at radius 3 is 2.88 bits per heavy atom. The van der Waals surface area contributed by atoms with Crippen LogP contribution in [0.3, 0.4) is 0 Å². The predicted molar refractivity (Wildman–Crippen MR) is 73.9 cm³/mol. The quantitative estimate of drug-likeness (QED) is 0.911. The van der Waals surface area contributed by atoms with Crippen LogP contribution in [-0.2, 0) is 11.3 Å². The molecule has 2 nitrogen and oxygen atoms in total. The lowest BCUT2D eigenvalue weighted by Crippen LogP contribution is -2.32. The molecule has 17 heavy (non-hydrogen) atoms. The molecule has 0 spiro atoms. The van der Waals surface area contributed by atoms with Crippen LogP contribution in [0.4, 0.5) is 0 Å². The van der Waals surface area contributed by atoms with Gasteiger partial charge in [0.05, 0.1) is 13.2 Å². The molecule has 0 aliphatic carbocycles. The molecular formula is C13H19Cl2NO. The Kier molecular flexibility index (Phi) is 6.90. The minimum Gasteiger partial charge on any atom is -0.376 e. The van der Waals surface area contributed by atoms with Crippen LogP contribution in [0.1, 0.15) is 18.4 Å². The van der Waals surface area contributed by atoms with Gasteiger partial charge in [-0.2, -0.15) is 0 Å². The van der Waals surface area contributed by atoms with E-state index in [1.54, 1.807) is 0 Å². The smallest absolute Gasteiger partial charge is 0.0731 e. The van der Waals surface area contributed by atoms with Crippen molar-refractivity contribution in [1.29, 1.82) is 0 Å². The fraction of sp³-hybridized carbons (Fsp3) is 0.538.